The Balaban J connectivity index is 3.06. The monoisotopic (exact) mass is 178 g/mol. The summed E-state index contributed by atoms with van der Waals surface area (Å²) in [6, 6.07) is 5.29. The molecule has 1 N–H and O–H groups in total. The van der Waals surface area contributed by atoms with Gasteiger partial charge in [-0.15, -0.1) is 0 Å². The lowest BCUT2D eigenvalue weighted by atomic mass is 10.1. The number of allylic oxidation sites excluding steroid dienone is 1. The highest BCUT2D eigenvalue weighted by molar-refractivity contribution is 5.57. The second kappa shape index (κ2) is 3.99. The molecule has 0 atom stereocenters. The van der Waals surface area contributed by atoms with E-state index < -0.39 is 0 Å². The molecular formula is C11H14O2. The van der Waals surface area contributed by atoms with Gasteiger partial charge >= 0.3 is 0 Å². The Kier molecular flexibility index (Phi) is 2.96. The topological polar surface area (TPSA) is 29.5 Å². The zero-order chi connectivity index (χ0) is 9.84. The number of rotatable bonds is 2. The molecule has 0 aliphatic carbocycles. The number of ether oxygens (including phenoxy) is 1. The zero-order valence-electron chi connectivity index (χ0n) is 8.16. The second-order valence-corrected chi connectivity index (χ2v) is 3.15. The van der Waals surface area contributed by atoms with Crippen LogP contribution in [-0.2, 0) is 0 Å². The molecule has 0 fully saturated rings. The summed E-state index contributed by atoms with van der Waals surface area (Å²) in [7, 11) is 1.54. The highest BCUT2D eigenvalue weighted by Crippen LogP contribution is 2.26. The predicted molar refractivity (Wildman–Crippen MR) is 54.0 cm³/mol. The molecule has 0 saturated carbocycles. The van der Waals surface area contributed by atoms with Crippen LogP contribution >= 0.6 is 0 Å². The third-order valence-corrected chi connectivity index (χ3v) is 1.66. The maximum atomic E-state index is 9.32. The maximum absolute atomic E-state index is 9.32. The van der Waals surface area contributed by atoms with Gasteiger partial charge in [-0.2, -0.15) is 0 Å². The van der Waals surface area contributed by atoms with Gasteiger partial charge in [-0.3, -0.25) is 0 Å². The highest BCUT2D eigenvalue weighted by atomic mass is 16.5. The van der Waals surface area contributed by atoms with Gasteiger partial charge in [0.15, 0.2) is 11.5 Å². The van der Waals surface area contributed by atoms with Crippen LogP contribution in [0.2, 0.25) is 0 Å². The van der Waals surface area contributed by atoms with E-state index in [1.54, 1.807) is 13.2 Å². The molecule has 0 radical (unpaired) electrons. The van der Waals surface area contributed by atoms with Crippen LogP contribution in [0.1, 0.15) is 19.4 Å². The van der Waals surface area contributed by atoms with Crippen molar-refractivity contribution in [3.05, 3.63) is 29.3 Å². The van der Waals surface area contributed by atoms with Crippen LogP contribution in [0.4, 0.5) is 0 Å². The van der Waals surface area contributed by atoms with Gasteiger partial charge in [0, 0.05) is 0 Å². The Hall–Kier alpha value is -1.44. The summed E-state index contributed by atoms with van der Waals surface area (Å²) < 4.78 is 4.99. The van der Waals surface area contributed by atoms with E-state index in [1.807, 2.05) is 32.1 Å². The van der Waals surface area contributed by atoms with Crippen molar-refractivity contribution in [2.45, 2.75) is 13.8 Å². The van der Waals surface area contributed by atoms with E-state index in [1.165, 1.54) is 5.57 Å². The molecule has 0 spiro atoms. The Morgan fingerprint density at radius 2 is 2.08 bits per heavy atom. The molecule has 0 amide bonds. The summed E-state index contributed by atoms with van der Waals surface area (Å²) in [5.41, 5.74) is 2.25. The molecule has 0 unspecified atom stereocenters. The van der Waals surface area contributed by atoms with Gasteiger partial charge < -0.3 is 9.84 Å². The number of aromatic hydroxyl groups is 1. The van der Waals surface area contributed by atoms with Crippen molar-refractivity contribution < 1.29 is 9.84 Å². The molecule has 1 rings (SSSR count). The number of hydrogen-bond acceptors (Lipinski definition) is 2. The normalized spacial score (nSPS) is 9.46. The fraction of sp³-hybridized carbons (Fsp3) is 0.273. The summed E-state index contributed by atoms with van der Waals surface area (Å²) in [6.45, 7) is 4.05. The summed E-state index contributed by atoms with van der Waals surface area (Å²) in [4.78, 5) is 0. The van der Waals surface area contributed by atoms with E-state index in [4.69, 9.17) is 4.74 Å². The molecule has 13 heavy (non-hydrogen) atoms. The molecule has 1 aromatic carbocycles. The molecule has 0 aromatic heterocycles. The molecule has 70 valence electrons. The van der Waals surface area contributed by atoms with Gasteiger partial charge in [0.2, 0.25) is 0 Å². The number of phenols is 1. The molecule has 0 aliphatic heterocycles. The molecule has 1 aromatic rings. The van der Waals surface area contributed by atoms with Crippen LogP contribution in [-0.4, -0.2) is 12.2 Å². The minimum absolute atomic E-state index is 0.174. The third kappa shape index (κ3) is 2.51. The second-order valence-electron chi connectivity index (χ2n) is 3.15. The first-order chi connectivity index (χ1) is 6.13. The van der Waals surface area contributed by atoms with Gasteiger partial charge in [-0.05, 0) is 31.5 Å². The Morgan fingerprint density at radius 3 is 2.62 bits per heavy atom. The molecule has 0 heterocycles. The van der Waals surface area contributed by atoms with Crippen LogP contribution in [0.5, 0.6) is 11.5 Å². The fourth-order valence-corrected chi connectivity index (χ4v) is 1.12. The lowest BCUT2D eigenvalue weighted by Gasteiger charge is -2.03. The molecule has 0 saturated heterocycles. The quantitative estimate of drug-likeness (QED) is 0.754. The van der Waals surface area contributed by atoms with E-state index >= 15 is 0 Å². The molecular weight excluding hydrogens is 164 g/mol. The van der Waals surface area contributed by atoms with Crippen LogP contribution in [0.15, 0.2) is 23.8 Å². The van der Waals surface area contributed by atoms with Gasteiger partial charge in [0.1, 0.15) is 0 Å². The average molecular weight is 178 g/mol. The van der Waals surface area contributed by atoms with Crippen molar-refractivity contribution in [3.8, 4) is 11.5 Å². The van der Waals surface area contributed by atoms with Crippen molar-refractivity contribution in [2.24, 2.45) is 0 Å². The van der Waals surface area contributed by atoms with E-state index in [2.05, 4.69) is 0 Å². The smallest absolute Gasteiger partial charge is 0.161 e. The van der Waals surface area contributed by atoms with Crippen molar-refractivity contribution in [1.29, 1.82) is 0 Å². The standard InChI is InChI=1S/C11H14O2/c1-8(2)6-9-4-5-10(12)11(7-9)13-3/h4-7,12H,1-3H3. The highest BCUT2D eigenvalue weighted by Gasteiger charge is 2.00. The van der Waals surface area contributed by atoms with E-state index in [9.17, 15) is 5.11 Å². The summed E-state index contributed by atoms with van der Waals surface area (Å²) in [6.07, 6.45) is 2.03. The Labute approximate surface area is 78.5 Å². The summed E-state index contributed by atoms with van der Waals surface area (Å²) in [5, 5.41) is 9.32. The minimum atomic E-state index is 0.174. The SMILES string of the molecule is COc1cc(C=C(C)C)ccc1O. The maximum Gasteiger partial charge on any atom is 0.161 e. The number of methoxy groups -OCH3 is 1. The molecule has 0 bridgehead atoms. The van der Waals surface area contributed by atoms with Crippen LogP contribution < -0.4 is 4.74 Å². The molecule has 2 nitrogen and oxygen atoms in total. The fourth-order valence-electron chi connectivity index (χ4n) is 1.12. The summed E-state index contributed by atoms with van der Waals surface area (Å²) >= 11 is 0. The van der Waals surface area contributed by atoms with Crippen molar-refractivity contribution in [1.82, 2.24) is 0 Å². The van der Waals surface area contributed by atoms with E-state index in [0.717, 1.165) is 5.56 Å². The van der Waals surface area contributed by atoms with E-state index in [0.29, 0.717) is 5.75 Å². The van der Waals surface area contributed by atoms with Crippen LogP contribution in [0, 0.1) is 0 Å². The van der Waals surface area contributed by atoms with Crippen molar-refractivity contribution in [3.63, 3.8) is 0 Å². The zero-order valence-corrected chi connectivity index (χ0v) is 8.16. The minimum Gasteiger partial charge on any atom is -0.504 e. The lowest BCUT2D eigenvalue weighted by Crippen LogP contribution is -1.84. The van der Waals surface area contributed by atoms with Crippen LogP contribution in [0.25, 0.3) is 6.08 Å². The molecule has 0 aliphatic rings. The third-order valence-electron chi connectivity index (χ3n) is 1.66. The van der Waals surface area contributed by atoms with Gasteiger partial charge in [0.25, 0.3) is 0 Å². The molecule has 2 heteroatoms. The average Bonchev–Trinajstić information content (AvgIpc) is 2.07. The lowest BCUT2D eigenvalue weighted by molar-refractivity contribution is 0.373. The number of hydrogen-bond donors (Lipinski definition) is 1. The van der Waals surface area contributed by atoms with Crippen LogP contribution in [0.3, 0.4) is 0 Å². The van der Waals surface area contributed by atoms with Gasteiger partial charge in [0.05, 0.1) is 7.11 Å². The first-order valence-corrected chi connectivity index (χ1v) is 4.15. The largest absolute Gasteiger partial charge is 0.504 e. The van der Waals surface area contributed by atoms with Gasteiger partial charge in [-0.25, -0.2) is 0 Å². The van der Waals surface area contributed by atoms with E-state index in [-0.39, 0.29) is 5.75 Å². The predicted octanol–water partition coefficient (Wildman–Crippen LogP) is 2.82. The first-order valence-electron chi connectivity index (χ1n) is 4.15. The number of phenolic OH excluding ortho intramolecular Hbond substituents is 1. The Bertz CT molecular complexity index is 323. The first kappa shape index (κ1) is 9.65. The van der Waals surface area contributed by atoms with Crippen molar-refractivity contribution in [2.75, 3.05) is 7.11 Å². The Morgan fingerprint density at radius 1 is 1.38 bits per heavy atom. The summed E-state index contributed by atoms with van der Waals surface area (Å²) in [5.74, 6) is 0.684. The van der Waals surface area contributed by atoms with Gasteiger partial charge in [-0.1, -0.05) is 17.7 Å². The number of benzene rings is 1. The van der Waals surface area contributed by atoms with Crippen molar-refractivity contribution >= 4 is 6.08 Å².